The third-order valence-electron chi connectivity index (χ3n) is 2.57. The van der Waals surface area contributed by atoms with Gasteiger partial charge in [-0.25, -0.2) is 13.1 Å². The Morgan fingerprint density at radius 2 is 1.85 bits per heavy atom. The highest BCUT2D eigenvalue weighted by Crippen LogP contribution is 2.17. The summed E-state index contributed by atoms with van der Waals surface area (Å²) in [6.45, 7) is 3.62. The Hall–Kier alpha value is -1.60. The van der Waals surface area contributed by atoms with Gasteiger partial charge in [0.15, 0.2) is 0 Å². The van der Waals surface area contributed by atoms with Gasteiger partial charge in [0.05, 0.1) is 12.0 Å². The highest BCUT2D eigenvalue weighted by Gasteiger charge is 2.15. The standard InChI is InChI=1S/C13H20N2O4S/c1-10(2)14-20(17,18)12-7-5-11(6-8-12)15(3)9-13(16)19-4/h5-8,10,14H,9H2,1-4H3. The first-order chi connectivity index (χ1) is 9.26. The maximum Gasteiger partial charge on any atom is 0.325 e. The van der Waals surface area contributed by atoms with Crippen LogP contribution < -0.4 is 9.62 Å². The summed E-state index contributed by atoms with van der Waals surface area (Å²) in [7, 11) is -0.438. The lowest BCUT2D eigenvalue weighted by molar-refractivity contribution is -0.138. The number of hydrogen-bond donors (Lipinski definition) is 1. The Morgan fingerprint density at radius 3 is 2.30 bits per heavy atom. The second kappa shape index (κ2) is 6.71. The number of carbonyl (C=O) groups is 1. The molecule has 0 saturated carbocycles. The van der Waals surface area contributed by atoms with Gasteiger partial charge in [0.1, 0.15) is 6.54 Å². The second-order valence-electron chi connectivity index (χ2n) is 4.70. The Bertz CT molecular complexity index is 552. The maximum absolute atomic E-state index is 11.9. The molecule has 0 atom stereocenters. The number of nitrogens with zero attached hydrogens (tertiary/aromatic N) is 1. The van der Waals surface area contributed by atoms with Crippen LogP contribution in [0.3, 0.4) is 0 Å². The van der Waals surface area contributed by atoms with Crippen molar-refractivity contribution < 1.29 is 17.9 Å². The van der Waals surface area contributed by atoms with Gasteiger partial charge in [-0.1, -0.05) is 0 Å². The lowest BCUT2D eigenvalue weighted by atomic mass is 10.3. The molecular formula is C13H20N2O4S. The molecular weight excluding hydrogens is 280 g/mol. The molecule has 0 spiro atoms. The van der Waals surface area contributed by atoms with Crippen molar-refractivity contribution in [1.29, 1.82) is 0 Å². The van der Waals surface area contributed by atoms with Crippen LogP contribution in [0.25, 0.3) is 0 Å². The smallest absolute Gasteiger partial charge is 0.325 e. The van der Waals surface area contributed by atoms with Gasteiger partial charge in [0.25, 0.3) is 0 Å². The Kier molecular flexibility index (Phi) is 5.52. The van der Waals surface area contributed by atoms with Crippen LogP contribution >= 0.6 is 0 Å². The van der Waals surface area contributed by atoms with E-state index in [-0.39, 0.29) is 23.5 Å². The molecule has 0 aliphatic heterocycles. The van der Waals surface area contributed by atoms with Crippen molar-refractivity contribution in [2.24, 2.45) is 0 Å². The Labute approximate surface area is 119 Å². The van der Waals surface area contributed by atoms with Crippen LogP contribution in [0.5, 0.6) is 0 Å². The quantitative estimate of drug-likeness (QED) is 0.793. The van der Waals surface area contributed by atoms with Crippen molar-refractivity contribution in [3.05, 3.63) is 24.3 Å². The van der Waals surface area contributed by atoms with Crippen LogP contribution in [0.1, 0.15) is 13.8 Å². The number of ether oxygens (including phenoxy) is 1. The average molecular weight is 300 g/mol. The van der Waals surface area contributed by atoms with Crippen LogP contribution in [0.15, 0.2) is 29.2 Å². The van der Waals surface area contributed by atoms with Crippen molar-refractivity contribution in [3.8, 4) is 0 Å². The van der Waals surface area contributed by atoms with Crippen molar-refractivity contribution in [2.75, 3.05) is 25.6 Å². The number of nitrogens with one attached hydrogen (secondary N) is 1. The average Bonchev–Trinajstić information content (AvgIpc) is 2.37. The minimum absolute atomic E-state index is 0.104. The van der Waals surface area contributed by atoms with Gasteiger partial charge in [0, 0.05) is 18.8 Å². The van der Waals surface area contributed by atoms with E-state index in [1.807, 2.05) is 0 Å². The largest absolute Gasteiger partial charge is 0.468 e. The SMILES string of the molecule is COC(=O)CN(C)c1ccc(S(=O)(=O)NC(C)C)cc1. The molecule has 0 saturated heterocycles. The molecule has 0 radical (unpaired) electrons. The molecule has 0 bridgehead atoms. The van der Waals surface area contributed by atoms with Gasteiger partial charge in [-0.2, -0.15) is 0 Å². The van der Waals surface area contributed by atoms with Gasteiger partial charge in [-0.15, -0.1) is 0 Å². The number of likely N-dealkylation sites (N-methyl/N-ethyl adjacent to an activating group) is 1. The maximum atomic E-state index is 11.9. The molecule has 1 aromatic carbocycles. The van der Waals surface area contributed by atoms with E-state index in [0.29, 0.717) is 0 Å². The number of sulfonamides is 1. The molecule has 1 N–H and O–H groups in total. The molecule has 0 heterocycles. The van der Waals surface area contributed by atoms with Gasteiger partial charge < -0.3 is 9.64 Å². The van der Waals surface area contributed by atoms with Gasteiger partial charge in [-0.05, 0) is 38.1 Å². The first-order valence-electron chi connectivity index (χ1n) is 6.16. The number of hydrogen-bond acceptors (Lipinski definition) is 5. The molecule has 6 nitrogen and oxygen atoms in total. The van der Waals surface area contributed by atoms with Crippen LogP contribution in [-0.2, 0) is 19.6 Å². The summed E-state index contributed by atoms with van der Waals surface area (Å²) in [5.41, 5.74) is 0.735. The Morgan fingerprint density at radius 1 is 1.30 bits per heavy atom. The van der Waals surface area contributed by atoms with E-state index in [2.05, 4.69) is 9.46 Å². The molecule has 20 heavy (non-hydrogen) atoms. The summed E-state index contributed by atoms with van der Waals surface area (Å²) in [5.74, 6) is -0.356. The first-order valence-corrected chi connectivity index (χ1v) is 7.65. The van der Waals surface area contributed by atoms with Crippen LogP contribution in [0, 0.1) is 0 Å². The van der Waals surface area contributed by atoms with E-state index < -0.39 is 10.0 Å². The summed E-state index contributed by atoms with van der Waals surface area (Å²) in [6, 6.07) is 6.15. The van der Waals surface area contributed by atoms with Gasteiger partial charge >= 0.3 is 5.97 Å². The van der Waals surface area contributed by atoms with E-state index in [1.54, 1.807) is 37.9 Å². The minimum atomic E-state index is -3.49. The third kappa shape index (κ3) is 4.50. The number of methoxy groups -OCH3 is 1. The summed E-state index contributed by atoms with van der Waals surface area (Å²) in [5, 5.41) is 0. The fourth-order valence-corrected chi connectivity index (χ4v) is 2.86. The zero-order chi connectivity index (χ0) is 15.3. The van der Waals surface area contributed by atoms with Crippen molar-refractivity contribution >= 4 is 21.7 Å². The predicted octanol–water partition coefficient (Wildman–Crippen LogP) is 0.982. The number of rotatable bonds is 6. The molecule has 0 aliphatic rings. The van der Waals surface area contributed by atoms with E-state index in [1.165, 1.54) is 19.2 Å². The molecule has 1 rings (SSSR count). The highest BCUT2D eigenvalue weighted by atomic mass is 32.2. The molecule has 0 fully saturated rings. The van der Waals surface area contributed by atoms with Crippen LogP contribution in [0.4, 0.5) is 5.69 Å². The molecule has 0 amide bonds. The number of carbonyl (C=O) groups excluding carboxylic acids is 1. The number of esters is 1. The van der Waals surface area contributed by atoms with Gasteiger partial charge in [0.2, 0.25) is 10.0 Å². The predicted molar refractivity (Wildman–Crippen MR) is 77.2 cm³/mol. The topological polar surface area (TPSA) is 75.7 Å². The lowest BCUT2D eigenvalue weighted by Crippen LogP contribution is -2.30. The normalized spacial score (nSPS) is 11.4. The first kappa shape index (κ1) is 16.5. The van der Waals surface area contributed by atoms with Gasteiger partial charge in [-0.3, -0.25) is 4.79 Å². The summed E-state index contributed by atoms with van der Waals surface area (Å²) >= 11 is 0. The van der Waals surface area contributed by atoms with Crippen molar-refractivity contribution in [2.45, 2.75) is 24.8 Å². The molecule has 0 aromatic heterocycles. The van der Waals surface area contributed by atoms with E-state index >= 15 is 0 Å². The summed E-state index contributed by atoms with van der Waals surface area (Å²) < 4.78 is 31.0. The summed E-state index contributed by atoms with van der Waals surface area (Å²) in [4.78, 5) is 13.0. The van der Waals surface area contributed by atoms with Crippen LogP contribution in [0.2, 0.25) is 0 Å². The van der Waals surface area contributed by atoms with E-state index in [9.17, 15) is 13.2 Å². The lowest BCUT2D eigenvalue weighted by Gasteiger charge is -2.18. The zero-order valence-corrected chi connectivity index (χ0v) is 12.9. The monoisotopic (exact) mass is 300 g/mol. The summed E-state index contributed by atoms with van der Waals surface area (Å²) in [6.07, 6.45) is 0. The fourth-order valence-electron chi connectivity index (χ4n) is 1.61. The number of benzene rings is 1. The molecule has 7 heteroatoms. The molecule has 0 unspecified atom stereocenters. The Balaban J connectivity index is 2.86. The van der Waals surface area contributed by atoms with Crippen LogP contribution in [-0.4, -0.2) is 41.1 Å². The number of anilines is 1. The molecule has 112 valence electrons. The minimum Gasteiger partial charge on any atom is -0.468 e. The van der Waals surface area contributed by atoms with Crippen molar-refractivity contribution in [1.82, 2.24) is 4.72 Å². The molecule has 1 aromatic rings. The van der Waals surface area contributed by atoms with E-state index in [0.717, 1.165) is 5.69 Å². The zero-order valence-electron chi connectivity index (χ0n) is 12.1. The second-order valence-corrected chi connectivity index (χ2v) is 6.42. The molecule has 0 aliphatic carbocycles. The van der Waals surface area contributed by atoms with Crippen molar-refractivity contribution in [3.63, 3.8) is 0 Å². The van der Waals surface area contributed by atoms with E-state index in [4.69, 9.17) is 0 Å². The third-order valence-corrected chi connectivity index (χ3v) is 4.25. The highest BCUT2D eigenvalue weighted by molar-refractivity contribution is 7.89. The fraction of sp³-hybridized carbons (Fsp3) is 0.462.